The van der Waals surface area contributed by atoms with Crippen molar-refractivity contribution in [1.29, 1.82) is 0 Å². The minimum absolute atomic E-state index is 0.00412. The molecule has 1 aliphatic heterocycles. The average Bonchev–Trinajstić information content (AvgIpc) is 3.13. The van der Waals surface area contributed by atoms with Crippen LogP contribution >= 0.6 is 0 Å². The smallest absolute Gasteiger partial charge is 0.305 e. The van der Waals surface area contributed by atoms with E-state index in [0.717, 1.165) is 11.2 Å². The Hall–Kier alpha value is -3.93. The molecule has 0 bridgehead atoms. The Labute approximate surface area is 233 Å². The van der Waals surface area contributed by atoms with E-state index < -0.39 is 39.4 Å². The molecule has 12 heteroatoms. The number of rotatable bonds is 13. The summed E-state index contributed by atoms with van der Waals surface area (Å²) < 4.78 is 40.6. The maximum absolute atomic E-state index is 13.8. The molecule has 3 rings (SSSR count). The highest BCUT2D eigenvalue weighted by atomic mass is 32.2. The Morgan fingerprint density at radius 1 is 1.02 bits per heavy atom. The van der Waals surface area contributed by atoms with Gasteiger partial charge >= 0.3 is 5.97 Å². The lowest BCUT2D eigenvalue weighted by Gasteiger charge is -2.27. The molecule has 0 aromatic heterocycles. The van der Waals surface area contributed by atoms with E-state index in [4.69, 9.17) is 9.47 Å². The Kier molecular flexibility index (Phi) is 9.91. The third-order valence-electron chi connectivity index (χ3n) is 6.36. The predicted octanol–water partition coefficient (Wildman–Crippen LogP) is 3.32. The van der Waals surface area contributed by atoms with Crippen LogP contribution in [-0.4, -0.2) is 69.8 Å². The average molecular weight is 575 g/mol. The maximum Gasteiger partial charge on any atom is 0.305 e. The van der Waals surface area contributed by atoms with Gasteiger partial charge in [-0.1, -0.05) is 6.07 Å². The molecule has 0 aliphatic carbocycles. The number of ether oxygens (including phenoxy) is 3. The first kappa shape index (κ1) is 30.6. The first-order chi connectivity index (χ1) is 18.9. The highest BCUT2D eigenvalue weighted by Crippen LogP contribution is 2.39. The number of amides is 3. The number of aryl methyl sites for hydroxylation is 1. The number of hydrogen-bond donors (Lipinski definition) is 1. The number of methoxy groups -OCH3 is 2. The molecule has 1 heterocycles. The molecular formula is C28H34N2O9S. The minimum Gasteiger partial charge on any atom is -0.493 e. The van der Waals surface area contributed by atoms with Gasteiger partial charge in [0.1, 0.15) is 9.84 Å². The summed E-state index contributed by atoms with van der Waals surface area (Å²) in [6.07, 6.45) is 2.89. The van der Waals surface area contributed by atoms with E-state index in [9.17, 15) is 27.6 Å². The van der Waals surface area contributed by atoms with Gasteiger partial charge in [0.25, 0.3) is 11.8 Å². The molecule has 1 N–H and O–H groups in total. The molecule has 40 heavy (non-hydrogen) atoms. The molecule has 1 atom stereocenters. The van der Waals surface area contributed by atoms with Gasteiger partial charge in [0.15, 0.2) is 11.5 Å². The van der Waals surface area contributed by atoms with Crippen LogP contribution in [0.25, 0.3) is 0 Å². The first-order valence-corrected chi connectivity index (χ1v) is 14.8. The Bertz CT molecular complexity index is 1420. The number of sulfone groups is 1. The van der Waals surface area contributed by atoms with Crippen LogP contribution in [0.4, 0.5) is 5.69 Å². The fourth-order valence-corrected chi connectivity index (χ4v) is 5.55. The number of carbonyl (C=O) groups excluding carboxylic acids is 4. The topological polar surface area (TPSA) is 145 Å². The maximum atomic E-state index is 13.8. The van der Waals surface area contributed by atoms with Crippen molar-refractivity contribution in [3.05, 3.63) is 52.6 Å². The zero-order valence-electron chi connectivity index (χ0n) is 23.2. The Morgan fingerprint density at radius 3 is 2.35 bits per heavy atom. The van der Waals surface area contributed by atoms with Crippen LogP contribution in [0.3, 0.4) is 0 Å². The van der Waals surface area contributed by atoms with Crippen LogP contribution in [0.15, 0.2) is 30.3 Å². The number of nitrogens with zero attached hydrogens (tertiary/aromatic N) is 1. The molecule has 11 nitrogen and oxygen atoms in total. The van der Waals surface area contributed by atoms with Crippen molar-refractivity contribution in [3.63, 3.8) is 0 Å². The largest absolute Gasteiger partial charge is 0.493 e. The van der Waals surface area contributed by atoms with Crippen LogP contribution < -0.4 is 14.8 Å². The van der Waals surface area contributed by atoms with Gasteiger partial charge in [-0.15, -0.1) is 0 Å². The van der Waals surface area contributed by atoms with Gasteiger partial charge in [-0.3, -0.25) is 24.1 Å². The molecule has 1 aliphatic rings. The second-order valence-corrected chi connectivity index (χ2v) is 11.6. The summed E-state index contributed by atoms with van der Waals surface area (Å²) in [7, 11) is -0.890. The van der Waals surface area contributed by atoms with E-state index in [1.54, 1.807) is 37.3 Å². The van der Waals surface area contributed by atoms with Crippen LogP contribution in [0, 0.1) is 0 Å². The minimum atomic E-state index is -3.67. The summed E-state index contributed by atoms with van der Waals surface area (Å²) >= 11 is 0. The standard InChI is InChI=1S/C28H34N2O9S/c1-6-39-24-15-19(11-12-23(24)37-3)22(16-40(5,35)36)30-27(33)20-13-18(9-7-8-10-25(32)38-4)14-21(29-17(2)31)26(20)28(30)34/h11-15,22H,6-10,16H2,1-5H3,(H,29,31)/t22-/m1/s1. The van der Waals surface area contributed by atoms with E-state index in [0.29, 0.717) is 48.5 Å². The third kappa shape index (κ3) is 7.17. The van der Waals surface area contributed by atoms with Crippen molar-refractivity contribution in [1.82, 2.24) is 4.90 Å². The van der Waals surface area contributed by atoms with E-state index in [-0.39, 0.29) is 29.2 Å². The number of unbranched alkanes of at least 4 members (excludes halogenated alkanes) is 1. The summed E-state index contributed by atoms with van der Waals surface area (Å²) in [4.78, 5) is 51.9. The number of hydrogen-bond acceptors (Lipinski definition) is 9. The molecule has 0 saturated heterocycles. The van der Waals surface area contributed by atoms with E-state index in [1.165, 1.54) is 21.1 Å². The third-order valence-corrected chi connectivity index (χ3v) is 7.28. The molecular weight excluding hydrogens is 540 g/mol. The van der Waals surface area contributed by atoms with Crippen LogP contribution in [0.1, 0.15) is 71.0 Å². The lowest BCUT2D eigenvalue weighted by Crippen LogP contribution is -2.37. The quantitative estimate of drug-likeness (QED) is 0.216. The van der Waals surface area contributed by atoms with Gasteiger partial charge in [-0.05, 0) is 61.6 Å². The number of fused-ring (bicyclic) bond motifs is 1. The lowest BCUT2D eigenvalue weighted by atomic mass is 9.99. The predicted molar refractivity (Wildman–Crippen MR) is 147 cm³/mol. The fraction of sp³-hybridized carbons (Fsp3) is 0.429. The highest BCUT2D eigenvalue weighted by molar-refractivity contribution is 7.90. The van der Waals surface area contributed by atoms with Crippen molar-refractivity contribution in [2.75, 3.05) is 38.2 Å². The second kappa shape index (κ2) is 12.9. The zero-order valence-corrected chi connectivity index (χ0v) is 24.1. The molecule has 0 fully saturated rings. The first-order valence-electron chi connectivity index (χ1n) is 12.8. The van der Waals surface area contributed by atoms with Crippen molar-refractivity contribution in [2.45, 2.75) is 45.6 Å². The highest BCUT2D eigenvalue weighted by Gasteiger charge is 2.43. The van der Waals surface area contributed by atoms with Gasteiger partial charge in [-0.25, -0.2) is 8.42 Å². The molecule has 0 saturated carbocycles. The number of nitrogens with one attached hydrogen (secondary N) is 1. The zero-order chi connectivity index (χ0) is 29.6. The van der Waals surface area contributed by atoms with Crippen LogP contribution in [0.2, 0.25) is 0 Å². The SMILES string of the molecule is CCOc1cc([C@@H](CS(C)(=O)=O)N2C(=O)c3cc(CCCCC(=O)OC)cc(NC(C)=O)c3C2=O)ccc1OC. The van der Waals surface area contributed by atoms with Gasteiger partial charge in [-0.2, -0.15) is 0 Å². The van der Waals surface area contributed by atoms with E-state index in [2.05, 4.69) is 10.1 Å². The summed E-state index contributed by atoms with van der Waals surface area (Å²) in [6.45, 7) is 3.38. The Morgan fingerprint density at radius 2 is 1.75 bits per heavy atom. The Balaban J connectivity index is 2.06. The molecule has 0 radical (unpaired) electrons. The summed E-state index contributed by atoms with van der Waals surface area (Å²) in [5, 5.41) is 2.64. The number of esters is 1. The van der Waals surface area contributed by atoms with Crippen molar-refractivity contribution < 1.29 is 41.8 Å². The van der Waals surface area contributed by atoms with Crippen molar-refractivity contribution >= 4 is 39.2 Å². The van der Waals surface area contributed by atoms with E-state index in [1.807, 2.05) is 0 Å². The van der Waals surface area contributed by atoms with Crippen molar-refractivity contribution in [3.8, 4) is 11.5 Å². The molecule has 3 amide bonds. The van der Waals surface area contributed by atoms with Gasteiger partial charge in [0.05, 0.1) is 49.4 Å². The summed E-state index contributed by atoms with van der Waals surface area (Å²) in [6, 6.07) is 6.77. The van der Waals surface area contributed by atoms with Gasteiger partial charge in [0.2, 0.25) is 5.91 Å². The molecule has 0 spiro atoms. The number of carbonyl (C=O) groups is 4. The van der Waals surface area contributed by atoms with Gasteiger partial charge in [0, 0.05) is 19.6 Å². The van der Waals surface area contributed by atoms with Crippen LogP contribution in [0.5, 0.6) is 11.5 Å². The normalized spacial score (nSPS) is 13.6. The molecule has 216 valence electrons. The van der Waals surface area contributed by atoms with Gasteiger partial charge < -0.3 is 19.5 Å². The summed E-state index contributed by atoms with van der Waals surface area (Å²) in [5.41, 5.74) is 1.27. The van der Waals surface area contributed by atoms with E-state index >= 15 is 0 Å². The molecule has 2 aromatic rings. The second-order valence-electron chi connectivity index (χ2n) is 9.46. The number of benzene rings is 2. The lowest BCUT2D eigenvalue weighted by molar-refractivity contribution is -0.140. The fourth-order valence-electron chi connectivity index (χ4n) is 4.64. The number of imide groups is 1. The monoisotopic (exact) mass is 574 g/mol. The number of anilines is 1. The molecule has 2 aromatic carbocycles. The molecule has 0 unspecified atom stereocenters. The summed E-state index contributed by atoms with van der Waals surface area (Å²) in [5.74, 6) is -1.93. The van der Waals surface area contributed by atoms with Crippen molar-refractivity contribution in [2.24, 2.45) is 0 Å². The van der Waals surface area contributed by atoms with Crippen LogP contribution in [-0.2, 0) is 30.6 Å².